The van der Waals surface area contributed by atoms with Crippen molar-refractivity contribution in [3.63, 3.8) is 0 Å². The van der Waals surface area contributed by atoms with Gasteiger partial charge in [0.2, 0.25) is 0 Å². The van der Waals surface area contributed by atoms with E-state index in [1.165, 1.54) is 11.0 Å². The third kappa shape index (κ3) is 4.20. The fourth-order valence-corrected chi connectivity index (χ4v) is 4.79. The summed E-state index contributed by atoms with van der Waals surface area (Å²) in [7, 11) is 0. The number of halogens is 1. The largest absolute Gasteiger partial charge is 0.378 e. The molecule has 0 unspecified atom stereocenters. The van der Waals surface area contributed by atoms with Gasteiger partial charge in [-0.05, 0) is 35.9 Å². The highest BCUT2D eigenvalue weighted by atomic mass is 35.5. The summed E-state index contributed by atoms with van der Waals surface area (Å²) in [5.41, 5.74) is 1.69. The minimum Gasteiger partial charge on any atom is -0.378 e. The zero-order valence-corrected chi connectivity index (χ0v) is 18.0. The molecule has 30 heavy (non-hydrogen) atoms. The van der Waals surface area contributed by atoms with Gasteiger partial charge in [-0.1, -0.05) is 47.7 Å². The number of carbonyl (C=O) groups is 1. The summed E-state index contributed by atoms with van der Waals surface area (Å²) in [6.45, 7) is 2.26. The average Bonchev–Trinajstić information content (AvgIpc) is 3.01. The lowest BCUT2D eigenvalue weighted by molar-refractivity contribution is -0.384. The van der Waals surface area contributed by atoms with Gasteiger partial charge in [-0.25, -0.2) is 0 Å². The molecule has 1 amide bonds. The maximum atomic E-state index is 12.9. The van der Waals surface area contributed by atoms with Crippen molar-refractivity contribution in [2.75, 3.05) is 36.1 Å². The van der Waals surface area contributed by atoms with Crippen LogP contribution in [0.3, 0.4) is 0 Å². The van der Waals surface area contributed by atoms with Crippen molar-refractivity contribution >= 4 is 68.9 Å². The zero-order valence-electron chi connectivity index (χ0n) is 15.6. The number of hydrogen-bond acceptors (Lipinski definition) is 7. The van der Waals surface area contributed by atoms with Crippen LogP contribution in [0.5, 0.6) is 0 Å². The van der Waals surface area contributed by atoms with E-state index in [-0.39, 0.29) is 11.6 Å². The first-order chi connectivity index (χ1) is 14.4. The maximum absolute atomic E-state index is 12.9. The van der Waals surface area contributed by atoms with Gasteiger partial charge in [0.1, 0.15) is 5.69 Å². The topological polar surface area (TPSA) is 75.9 Å². The lowest BCUT2D eigenvalue weighted by Gasteiger charge is -2.28. The van der Waals surface area contributed by atoms with Crippen molar-refractivity contribution in [2.45, 2.75) is 0 Å². The fraction of sp³-hybridized carbons (Fsp3) is 0.200. The molecular formula is C20H16ClN3O4S2. The Labute approximate surface area is 187 Å². The number of amides is 1. The highest BCUT2D eigenvalue weighted by molar-refractivity contribution is 8.27. The van der Waals surface area contributed by atoms with Gasteiger partial charge in [0.05, 0.1) is 28.7 Å². The minimum atomic E-state index is -0.403. The molecule has 4 rings (SSSR count). The Balaban J connectivity index is 1.64. The number of ether oxygens (including phenoxy) is 1. The van der Waals surface area contributed by atoms with Gasteiger partial charge in [0, 0.05) is 24.2 Å². The molecule has 10 heteroatoms. The second kappa shape index (κ2) is 8.73. The van der Waals surface area contributed by atoms with Crippen LogP contribution in [0.2, 0.25) is 5.02 Å². The first-order valence-electron chi connectivity index (χ1n) is 9.09. The summed E-state index contributed by atoms with van der Waals surface area (Å²) >= 11 is 12.6. The Bertz CT molecular complexity index is 1070. The highest BCUT2D eigenvalue weighted by Gasteiger charge is 2.33. The molecule has 154 valence electrons. The zero-order chi connectivity index (χ0) is 21.3. The summed E-state index contributed by atoms with van der Waals surface area (Å²) in [6.07, 6.45) is 1.62. The fourth-order valence-electron chi connectivity index (χ4n) is 3.31. The summed E-state index contributed by atoms with van der Waals surface area (Å²) in [4.78, 5) is 27.9. The predicted octanol–water partition coefficient (Wildman–Crippen LogP) is 4.49. The van der Waals surface area contributed by atoms with E-state index in [1.807, 2.05) is 4.90 Å². The van der Waals surface area contributed by atoms with E-state index in [4.69, 9.17) is 28.6 Å². The van der Waals surface area contributed by atoms with Crippen LogP contribution in [0.15, 0.2) is 47.4 Å². The number of nitro benzene ring substituents is 1. The average molecular weight is 462 g/mol. The molecule has 0 saturated carbocycles. The summed E-state index contributed by atoms with van der Waals surface area (Å²) < 4.78 is 5.71. The van der Waals surface area contributed by atoms with Crippen LogP contribution >= 0.6 is 35.6 Å². The summed E-state index contributed by atoms with van der Waals surface area (Å²) in [5, 5.41) is 12.2. The lowest BCUT2D eigenvalue weighted by Crippen LogP contribution is -2.36. The van der Waals surface area contributed by atoms with Crippen molar-refractivity contribution in [1.82, 2.24) is 0 Å². The monoisotopic (exact) mass is 461 g/mol. The Morgan fingerprint density at radius 1 is 1.20 bits per heavy atom. The molecule has 0 N–H and O–H groups in total. The molecule has 2 heterocycles. The van der Waals surface area contributed by atoms with Crippen LogP contribution in [-0.4, -0.2) is 41.5 Å². The third-order valence-corrected chi connectivity index (χ3v) is 6.24. The van der Waals surface area contributed by atoms with Crippen molar-refractivity contribution in [3.8, 4) is 0 Å². The molecule has 0 aromatic heterocycles. The molecule has 2 aliphatic heterocycles. The van der Waals surface area contributed by atoms with Crippen LogP contribution in [0.25, 0.3) is 6.08 Å². The quantitative estimate of drug-likeness (QED) is 0.287. The molecule has 2 aliphatic rings. The molecule has 7 nitrogen and oxygen atoms in total. The first-order valence-corrected chi connectivity index (χ1v) is 10.7. The molecule has 2 fully saturated rings. The van der Waals surface area contributed by atoms with E-state index < -0.39 is 4.92 Å². The number of anilines is 2. The van der Waals surface area contributed by atoms with Crippen LogP contribution in [0, 0.1) is 10.1 Å². The standard InChI is InChI=1S/C20H16ClN3O4S2/c21-14-2-1-3-15(12-14)23-19(25)18(30-20(23)29)11-13-4-5-16(17(10-13)24(26)27)22-6-8-28-9-7-22/h1-5,10-12H,6-9H2/b18-11+. The summed E-state index contributed by atoms with van der Waals surface area (Å²) in [6, 6.07) is 11.8. The summed E-state index contributed by atoms with van der Waals surface area (Å²) in [5.74, 6) is -0.285. The molecule has 0 atom stereocenters. The Morgan fingerprint density at radius 2 is 1.97 bits per heavy atom. The Morgan fingerprint density at radius 3 is 2.67 bits per heavy atom. The maximum Gasteiger partial charge on any atom is 0.293 e. The van der Waals surface area contributed by atoms with Crippen molar-refractivity contribution < 1.29 is 14.5 Å². The van der Waals surface area contributed by atoms with Gasteiger partial charge in [-0.3, -0.25) is 19.8 Å². The second-order valence-electron chi connectivity index (χ2n) is 6.60. The van der Waals surface area contributed by atoms with Crippen LogP contribution in [0.4, 0.5) is 17.1 Å². The van der Waals surface area contributed by atoms with E-state index in [0.717, 1.165) is 11.8 Å². The number of morpholine rings is 1. The number of benzene rings is 2. The molecule has 0 radical (unpaired) electrons. The van der Waals surface area contributed by atoms with E-state index in [1.54, 1.807) is 42.5 Å². The van der Waals surface area contributed by atoms with Gasteiger partial charge in [-0.2, -0.15) is 0 Å². The van der Waals surface area contributed by atoms with Crippen LogP contribution in [0.1, 0.15) is 5.56 Å². The molecule has 0 aliphatic carbocycles. The van der Waals surface area contributed by atoms with Gasteiger partial charge < -0.3 is 9.64 Å². The normalized spacial score (nSPS) is 18.4. The SMILES string of the molecule is O=C1/C(=C\c2ccc(N3CCOCC3)c([N+](=O)[O-])c2)SC(=S)N1c1cccc(Cl)c1. The van der Waals surface area contributed by atoms with Crippen molar-refractivity contribution in [1.29, 1.82) is 0 Å². The van der Waals surface area contributed by atoms with E-state index >= 15 is 0 Å². The minimum absolute atomic E-state index is 0.00373. The third-order valence-electron chi connectivity index (χ3n) is 4.71. The number of thioether (sulfide) groups is 1. The molecule has 2 aromatic carbocycles. The first kappa shape index (κ1) is 20.8. The number of rotatable bonds is 4. The van der Waals surface area contributed by atoms with E-state index in [9.17, 15) is 14.9 Å². The lowest BCUT2D eigenvalue weighted by atomic mass is 10.1. The van der Waals surface area contributed by atoms with Gasteiger partial charge in [-0.15, -0.1) is 0 Å². The molecule has 0 spiro atoms. The van der Waals surface area contributed by atoms with Crippen molar-refractivity contribution in [3.05, 3.63) is 68.1 Å². The molecule has 2 aromatic rings. The van der Waals surface area contributed by atoms with Gasteiger partial charge in [0.25, 0.3) is 11.6 Å². The Kier molecular flexibility index (Phi) is 6.05. The Hall–Kier alpha value is -2.46. The molecule has 0 bridgehead atoms. The van der Waals surface area contributed by atoms with Crippen LogP contribution < -0.4 is 9.80 Å². The number of nitro groups is 1. The van der Waals surface area contributed by atoms with Crippen LogP contribution in [-0.2, 0) is 9.53 Å². The van der Waals surface area contributed by atoms with Gasteiger partial charge in [0.15, 0.2) is 4.32 Å². The number of hydrogen-bond donors (Lipinski definition) is 0. The second-order valence-corrected chi connectivity index (χ2v) is 8.71. The smallest absolute Gasteiger partial charge is 0.293 e. The van der Waals surface area contributed by atoms with Gasteiger partial charge >= 0.3 is 0 Å². The number of nitrogens with zero attached hydrogens (tertiary/aromatic N) is 3. The molecular weight excluding hydrogens is 446 g/mol. The highest BCUT2D eigenvalue weighted by Crippen LogP contribution is 2.38. The van der Waals surface area contributed by atoms with E-state index in [2.05, 4.69) is 0 Å². The number of thiocarbonyl (C=S) groups is 1. The molecule has 2 saturated heterocycles. The van der Waals surface area contributed by atoms with E-state index in [0.29, 0.717) is 57.5 Å². The predicted molar refractivity (Wildman–Crippen MR) is 123 cm³/mol. The number of carbonyl (C=O) groups excluding carboxylic acids is 1. The van der Waals surface area contributed by atoms with Crippen molar-refractivity contribution in [2.24, 2.45) is 0 Å².